The number of hydrogen-bond donors (Lipinski definition) is 0. The van der Waals surface area contributed by atoms with Crippen LogP contribution in [0.25, 0.3) is 0 Å². The third kappa shape index (κ3) is 5.48. The minimum absolute atomic E-state index is 0.129. The summed E-state index contributed by atoms with van der Waals surface area (Å²) in [7, 11) is 1.54. The molecule has 1 heterocycles. The highest BCUT2D eigenvalue weighted by atomic mass is 16.7. The van der Waals surface area contributed by atoms with Gasteiger partial charge in [-0.3, -0.25) is 9.59 Å². The van der Waals surface area contributed by atoms with Gasteiger partial charge in [-0.2, -0.15) is 0 Å². The molecule has 170 valence electrons. The van der Waals surface area contributed by atoms with E-state index in [1.165, 1.54) is 4.90 Å². The van der Waals surface area contributed by atoms with Gasteiger partial charge in [0.05, 0.1) is 6.04 Å². The third-order valence-corrected chi connectivity index (χ3v) is 6.15. The molecule has 1 aromatic carbocycles. The number of fused-ring (bicyclic) bond motifs is 1. The zero-order valence-corrected chi connectivity index (χ0v) is 18.5. The fourth-order valence-electron chi connectivity index (χ4n) is 3.91. The molecule has 1 aliphatic heterocycles. The van der Waals surface area contributed by atoms with Crippen LogP contribution in [0.2, 0.25) is 0 Å². The Bertz CT molecular complexity index is 816. The summed E-state index contributed by atoms with van der Waals surface area (Å²) in [6.45, 7) is 3.96. The number of esters is 1. The number of nitrogens with zero attached hydrogens (tertiary/aromatic N) is 1. The molecule has 1 saturated carbocycles. The van der Waals surface area contributed by atoms with Gasteiger partial charge in [-0.25, -0.2) is 4.79 Å². The van der Waals surface area contributed by atoms with Crippen molar-refractivity contribution in [3.8, 4) is 11.5 Å². The molecule has 0 bridgehead atoms. The van der Waals surface area contributed by atoms with Gasteiger partial charge in [0.15, 0.2) is 17.3 Å². The standard InChI is InChI=1S/C23H31NO7/c1-4-20(25)28-13-23(10-6-5-7-11-23)14-29-22(27)24(3)16(2)21(26)17-8-9-18-19(12-17)31-15-30-18/h8-9,12,16H,4-7,10-11,13-15H2,1-3H3. The van der Waals surface area contributed by atoms with Crippen molar-refractivity contribution in [2.75, 3.05) is 27.1 Å². The van der Waals surface area contributed by atoms with Crippen molar-refractivity contribution in [2.24, 2.45) is 5.41 Å². The van der Waals surface area contributed by atoms with Crippen molar-refractivity contribution in [2.45, 2.75) is 58.4 Å². The Morgan fingerprint density at radius 3 is 2.45 bits per heavy atom. The third-order valence-electron chi connectivity index (χ3n) is 6.15. The number of amides is 1. The van der Waals surface area contributed by atoms with Crippen LogP contribution in [-0.2, 0) is 14.3 Å². The Morgan fingerprint density at radius 1 is 1.06 bits per heavy atom. The smallest absolute Gasteiger partial charge is 0.410 e. The second kappa shape index (κ2) is 10.0. The van der Waals surface area contributed by atoms with Crippen molar-refractivity contribution < 1.29 is 33.3 Å². The van der Waals surface area contributed by atoms with Crippen LogP contribution in [0, 0.1) is 5.41 Å². The SMILES string of the molecule is CCC(=O)OCC1(COC(=O)N(C)C(C)C(=O)c2ccc3c(c2)OCO3)CCCCC1. The van der Waals surface area contributed by atoms with Crippen molar-refractivity contribution >= 4 is 17.8 Å². The van der Waals surface area contributed by atoms with Gasteiger partial charge in [0.1, 0.15) is 13.2 Å². The number of rotatable bonds is 8. The Labute approximate surface area is 182 Å². The van der Waals surface area contributed by atoms with Crippen molar-refractivity contribution in [3.63, 3.8) is 0 Å². The van der Waals surface area contributed by atoms with Gasteiger partial charge < -0.3 is 23.8 Å². The maximum absolute atomic E-state index is 12.9. The van der Waals surface area contributed by atoms with Crippen molar-refractivity contribution in [1.82, 2.24) is 4.90 Å². The van der Waals surface area contributed by atoms with E-state index in [1.807, 2.05) is 0 Å². The molecule has 0 radical (unpaired) electrons. The summed E-state index contributed by atoms with van der Waals surface area (Å²) in [5.74, 6) is 0.640. The number of likely N-dealkylation sites (N-methyl/N-ethyl adjacent to an activating group) is 1. The van der Waals surface area contributed by atoms with E-state index in [2.05, 4.69) is 0 Å². The van der Waals surface area contributed by atoms with Gasteiger partial charge >= 0.3 is 12.1 Å². The molecule has 1 fully saturated rings. The zero-order chi connectivity index (χ0) is 22.4. The first-order chi connectivity index (χ1) is 14.8. The minimum atomic E-state index is -0.715. The molecule has 1 atom stereocenters. The molecule has 1 amide bonds. The summed E-state index contributed by atoms with van der Waals surface area (Å²) in [6, 6.07) is 4.25. The van der Waals surface area contributed by atoms with E-state index < -0.39 is 12.1 Å². The maximum Gasteiger partial charge on any atom is 0.410 e. The molecule has 2 aliphatic rings. The molecule has 8 nitrogen and oxygen atoms in total. The molecule has 0 spiro atoms. The van der Waals surface area contributed by atoms with Crippen LogP contribution in [0.1, 0.15) is 62.7 Å². The predicted molar refractivity (Wildman–Crippen MR) is 112 cm³/mol. The van der Waals surface area contributed by atoms with Gasteiger partial charge in [0.2, 0.25) is 6.79 Å². The van der Waals surface area contributed by atoms with Crippen LogP contribution in [-0.4, -0.2) is 55.8 Å². The monoisotopic (exact) mass is 433 g/mol. The molecule has 3 rings (SSSR count). The Kier molecular flexibility index (Phi) is 7.41. The molecule has 0 aromatic heterocycles. The Morgan fingerprint density at radius 2 is 1.74 bits per heavy atom. The lowest BCUT2D eigenvalue weighted by Crippen LogP contribution is -2.43. The second-order valence-corrected chi connectivity index (χ2v) is 8.35. The summed E-state index contributed by atoms with van der Waals surface area (Å²) in [6.07, 6.45) is 4.57. The lowest BCUT2D eigenvalue weighted by molar-refractivity contribution is -0.149. The van der Waals surface area contributed by atoms with Crippen LogP contribution >= 0.6 is 0 Å². The average Bonchev–Trinajstić information content (AvgIpc) is 3.28. The van der Waals surface area contributed by atoms with Crippen LogP contribution in [0.4, 0.5) is 4.79 Å². The summed E-state index contributed by atoms with van der Waals surface area (Å²) in [5.41, 5.74) is 0.0797. The molecular weight excluding hydrogens is 402 g/mol. The fraction of sp³-hybridized carbons (Fsp3) is 0.609. The predicted octanol–water partition coefficient (Wildman–Crippen LogP) is 3.96. The highest BCUT2D eigenvalue weighted by molar-refractivity contribution is 6.01. The lowest BCUT2D eigenvalue weighted by atomic mass is 9.75. The van der Waals surface area contributed by atoms with Crippen LogP contribution < -0.4 is 9.47 Å². The van der Waals surface area contributed by atoms with Crippen LogP contribution in [0.15, 0.2) is 18.2 Å². The first-order valence-corrected chi connectivity index (χ1v) is 10.8. The fourth-order valence-corrected chi connectivity index (χ4v) is 3.91. The summed E-state index contributed by atoms with van der Waals surface area (Å²) in [4.78, 5) is 38.5. The number of hydrogen-bond acceptors (Lipinski definition) is 7. The highest BCUT2D eigenvalue weighted by Crippen LogP contribution is 2.37. The first kappa shape index (κ1) is 22.9. The molecule has 1 aliphatic carbocycles. The van der Waals surface area contributed by atoms with Gasteiger partial charge in [-0.1, -0.05) is 26.2 Å². The second-order valence-electron chi connectivity index (χ2n) is 8.35. The summed E-state index contributed by atoms with van der Waals surface area (Å²) >= 11 is 0. The average molecular weight is 434 g/mol. The Balaban J connectivity index is 1.59. The minimum Gasteiger partial charge on any atom is -0.465 e. The topological polar surface area (TPSA) is 91.4 Å². The summed E-state index contributed by atoms with van der Waals surface area (Å²) < 4.78 is 21.6. The number of ketones is 1. The van der Waals surface area contributed by atoms with Crippen LogP contribution in [0.5, 0.6) is 11.5 Å². The van der Waals surface area contributed by atoms with E-state index in [9.17, 15) is 14.4 Å². The van der Waals surface area contributed by atoms with E-state index >= 15 is 0 Å². The largest absolute Gasteiger partial charge is 0.465 e. The highest BCUT2D eigenvalue weighted by Gasteiger charge is 2.36. The van der Waals surface area contributed by atoms with E-state index in [-0.39, 0.29) is 37.2 Å². The number of Topliss-reactive ketones (excluding diaryl/α,β-unsaturated/α-hetero) is 1. The molecular formula is C23H31NO7. The number of carbonyl (C=O) groups is 3. The van der Waals surface area contributed by atoms with E-state index in [1.54, 1.807) is 39.1 Å². The number of ether oxygens (including phenoxy) is 4. The lowest BCUT2D eigenvalue weighted by Gasteiger charge is -2.36. The van der Waals surface area contributed by atoms with E-state index in [0.29, 0.717) is 23.5 Å². The normalized spacial score (nSPS) is 17.5. The van der Waals surface area contributed by atoms with Crippen molar-refractivity contribution in [3.05, 3.63) is 23.8 Å². The van der Waals surface area contributed by atoms with Gasteiger partial charge in [0.25, 0.3) is 0 Å². The number of carbonyl (C=O) groups excluding carboxylic acids is 3. The van der Waals surface area contributed by atoms with E-state index in [4.69, 9.17) is 18.9 Å². The molecule has 1 unspecified atom stereocenters. The van der Waals surface area contributed by atoms with Gasteiger partial charge in [-0.05, 0) is 38.0 Å². The van der Waals surface area contributed by atoms with E-state index in [0.717, 1.165) is 32.1 Å². The van der Waals surface area contributed by atoms with Gasteiger partial charge in [0, 0.05) is 24.4 Å². The molecule has 1 aromatic rings. The summed E-state index contributed by atoms with van der Waals surface area (Å²) in [5, 5.41) is 0. The quantitative estimate of drug-likeness (QED) is 0.453. The zero-order valence-electron chi connectivity index (χ0n) is 18.5. The number of benzene rings is 1. The van der Waals surface area contributed by atoms with Gasteiger partial charge in [-0.15, -0.1) is 0 Å². The van der Waals surface area contributed by atoms with Crippen molar-refractivity contribution in [1.29, 1.82) is 0 Å². The molecule has 8 heteroatoms. The molecule has 0 N–H and O–H groups in total. The first-order valence-electron chi connectivity index (χ1n) is 10.8. The van der Waals surface area contributed by atoms with Crippen LogP contribution in [0.3, 0.4) is 0 Å². The maximum atomic E-state index is 12.9. The Hall–Kier alpha value is -2.77. The molecule has 0 saturated heterocycles. The molecule has 31 heavy (non-hydrogen) atoms.